The summed E-state index contributed by atoms with van der Waals surface area (Å²) in [6.07, 6.45) is 2.08. The summed E-state index contributed by atoms with van der Waals surface area (Å²) in [6.45, 7) is 3.11. The van der Waals surface area contributed by atoms with E-state index < -0.39 is 0 Å². The molecule has 0 amide bonds. The number of hydrogen-bond acceptors (Lipinski definition) is 1. The Morgan fingerprint density at radius 2 is 2.21 bits per heavy atom. The van der Waals surface area contributed by atoms with Crippen molar-refractivity contribution in [2.75, 3.05) is 7.11 Å². The van der Waals surface area contributed by atoms with Gasteiger partial charge in [-0.1, -0.05) is 15.9 Å². The highest BCUT2D eigenvalue weighted by molar-refractivity contribution is 9.10. The standard InChI is InChI=1S/C11H12BrNO/c1-3-13-5-4-9-10(13)6-8(12)7-11(9)14-2/h4-7H,3H2,1-2H3. The quantitative estimate of drug-likeness (QED) is 0.800. The number of aromatic nitrogens is 1. The van der Waals surface area contributed by atoms with Crippen molar-refractivity contribution >= 4 is 26.8 Å². The largest absolute Gasteiger partial charge is 0.496 e. The molecule has 0 saturated carbocycles. The predicted molar refractivity (Wildman–Crippen MR) is 61.9 cm³/mol. The van der Waals surface area contributed by atoms with Crippen LogP contribution in [-0.2, 0) is 6.54 Å². The monoisotopic (exact) mass is 253 g/mol. The average Bonchev–Trinajstić information content (AvgIpc) is 2.59. The van der Waals surface area contributed by atoms with Crippen LogP contribution in [0.3, 0.4) is 0 Å². The third-order valence-electron chi connectivity index (χ3n) is 2.38. The molecule has 0 atom stereocenters. The number of methoxy groups -OCH3 is 1. The highest BCUT2D eigenvalue weighted by Crippen LogP contribution is 2.30. The number of fused-ring (bicyclic) bond motifs is 1. The molecular formula is C11H12BrNO. The number of ether oxygens (including phenoxy) is 1. The summed E-state index contributed by atoms with van der Waals surface area (Å²) in [5, 5.41) is 1.16. The molecule has 14 heavy (non-hydrogen) atoms. The topological polar surface area (TPSA) is 14.2 Å². The minimum atomic E-state index is 0.918. The van der Waals surface area contributed by atoms with Crippen LogP contribution in [0.25, 0.3) is 10.9 Å². The molecule has 1 aromatic heterocycles. The van der Waals surface area contributed by atoms with Gasteiger partial charge in [-0.15, -0.1) is 0 Å². The molecular weight excluding hydrogens is 242 g/mol. The Bertz CT molecular complexity index is 462. The van der Waals surface area contributed by atoms with Crippen molar-refractivity contribution in [3.05, 3.63) is 28.9 Å². The Morgan fingerprint density at radius 1 is 1.43 bits per heavy atom. The van der Waals surface area contributed by atoms with Crippen molar-refractivity contribution in [1.29, 1.82) is 0 Å². The number of nitrogens with zero attached hydrogens (tertiary/aromatic N) is 1. The van der Waals surface area contributed by atoms with Crippen molar-refractivity contribution in [2.45, 2.75) is 13.5 Å². The number of benzene rings is 1. The molecule has 0 saturated heterocycles. The zero-order valence-corrected chi connectivity index (χ0v) is 9.84. The van der Waals surface area contributed by atoms with Crippen LogP contribution in [0.1, 0.15) is 6.92 Å². The van der Waals surface area contributed by atoms with Crippen LogP contribution in [0.5, 0.6) is 5.75 Å². The molecule has 3 heteroatoms. The van der Waals surface area contributed by atoms with Crippen LogP contribution in [-0.4, -0.2) is 11.7 Å². The first-order chi connectivity index (χ1) is 6.76. The Kier molecular flexibility index (Phi) is 2.50. The lowest BCUT2D eigenvalue weighted by Gasteiger charge is -2.05. The lowest BCUT2D eigenvalue weighted by molar-refractivity contribution is 0.419. The summed E-state index contributed by atoms with van der Waals surface area (Å²) in [6, 6.07) is 6.19. The van der Waals surface area contributed by atoms with E-state index >= 15 is 0 Å². The fraction of sp³-hybridized carbons (Fsp3) is 0.273. The molecule has 2 nitrogen and oxygen atoms in total. The minimum absolute atomic E-state index is 0.918. The van der Waals surface area contributed by atoms with Crippen LogP contribution < -0.4 is 4.74 Å². The maximum atomic E-state index is 5.32. The summed E-state index contributed by atoms with van der Waals surface area (Å²) in [5.74, 6) is 0.918. The SMILES string of the molecule is CCn1ccc2c(OC)cc(Br)cc21. The molecule has 0 N–H and O–H groups in total. The molecule has 0 spiro atoms. The minimum Gasteiger partial charge on any atom is -0.496 e. The maximum absolute atomic E-state index is 5.32. The maximum Gasteiger partial charge on any atom is 0.129 e. The average molecular weight is 254 g/mol. The normalized spacial score (nSPS) is 10.8. The van der Waals surface area contributed by atoms with Crippen molar-refractivity contribution in [1.82, 2.24) is 4.57 Å². The summed E-state index contributed by atoms with van der Waals surface area (Å²) in [5.41, 5.74) is 1.21. The van der Waals surface area contributed by atoms with E-state index in [1.165, 1.54) is 5.52 Å². The smallest absolute Gasteiger partial charge is 0.129 e. The second kappa shape index (κ2) is 3.65. The van der Waals surface area contributed by atoms with E-state index in [9.17, 15) is 0 Å². The molecule has 0 aliphatic heterocycles. The number of aryl methyl sites for hydroxylation is 1. The van der Waals surface area contributed by atoms with Crippen LogP contribution in [0.2, 0.25) is 0 Å². The van der Waals surface area contributed by atoms with Gasteiger partial charge >= 0.3 is 0 Å². The fourth-order valence-corrected chi connectivity index (χ4v) is 2.10. The summed E-state index contributed by atoms with van der Waals surface area (Å²) in [7, 11) is 1.70. The number of hydrogen-bond donors (Lipinski definition) is 0. The summed E-state index contributed by atoms with van der Waals surface area (Å²) < 4.78 is 8.57. The third kappa shape index (κ3) is 1.42. The molecule has 0 aliphatic carbocycles. The molecule has 1 aromatic carbocycles. The van der Waals surface area contributed by atoms with Gasteiger partial charge in [-0.05, 0) is 25.1 Å². The molecule has 74 valence electrons. The van der Waals surface area contributed by atoms with Crippen molar-refractivity contribution < 1.29 is 4.74 Å². The lowest BCUT2D eigenvalue weighted by Crippen LogP contribution is -1.91. The fourth-order valence-electron chi connectivity index (χ4n) is 1.67. The van der Waals surface area contributed by atoms with Crippen LogP contribution in [0.4, 0.5) is 0 Å². The van der Waals surface area contributed by atoms with E-state index in [-0.39, 0.29) is 0 Å². The van der Waals surface area contributed by atoms with E-state index in [4.69, 9.17) is 4.74 Å². The Morgan fingerprint density at radius 3 is 2.86 bits per heavy atom. The van der Waals surface area contributed by atoms with Crippen LogP contribution in [0.15, 0.2) is 28.9 Å². The van der Waals surface area contributed by atoms with Gasteiger partial charge in [0.1, 0.15) is 5.75 Å². The van der Waals surface area contributed by atoms with E-state index in [0.29, 0.717) is 0 Å². The summed E-state index contributed by atoms with van der Waals surface area (Å²) in [4.78, 5) is 0. The second-order valence-electron chi connectivity index (χ2n) is 3.14. The Labute approximate surface area is 91.6 Å². The van der Waals surface area contributed by atoms with E-state index in [1.807, 2.05) is 6.07 Å². The molecule has 0 aliphatic rings. The van der Waals surface area contributed by atoms with Crippen molar-refractivity contribution in [2.24, 2.45) is 0 Å². The van der Waals surface area contributed by atoms with Gasteiger partial charge in [-0.2, -0.15) is 0 Å². The second-order valence-corrected chi connectivity index (χ2v) is 4.06. The molecule has 2 rings (SSSR count). The Hall–Kier alpha value is -0.960. The molecule has 2 aromatic rings. The van der Waals surface area contributed by atoms with E-state index in [2.05, 4.69) is 45.8 Å². The Balaban J connectivity index is 2.76. The van der Waals surface area contributed by atoms with E-state index in [0.717, 1.165) is 22.2 Å². The zero-order valence-electron chi connectivity index (χ0n) is 8.25. The highest BCUT2D eigenvalue weighted by Gasteiger charge is 2.06. The first-order valence-corrected chi connectivity index (χ1v) is 5.38. The summed E-state index contributed by atoms with van der Waals surface area (Å²) >= 11 is 3.48. The highest BCUT2D eigenvalue weighted by atomic mass is 79.9. The zero-order chi connectivity index (χ0) is 10.1. The first kappa shape index (κ1) is 9.59. The van der Waals surface area contributed by atoms with Gasteiger partial charge in [0.05, 0.1) is 12.6 Å². The molecule has 0 bridgehead atoms. The van der Waals surface area contributed by atoms with Gasteiger partial charge < -0.3 is 9.30 Å². The predicted octanol–water partition coefficient (Wildman–Crippen LogP) is 3.43. The first-order valence-electron chi connectivity index (χ1n) is 4.58. The lowest BCUT2D eigenvalue weighted by atomic mass is 10.2. The van der Waals surface area contributed by atoms with Crippen molar-refractivity contribution in [3.8, 4) is 5.75 Å². The molecule has 0 fully saturated rings. The van der Waals surface area contributed by atoms with Gasteiger partial charge in [-0.3, -0.25) is 0 Å². The number of rotatable bonds is 2. The molecule has 0 unspecified atom stereocenters. The third-order valence-corrected chi connectivity index (χ3v) is 2.83. The van der Waals surface area contributed by atoms with Gasteiger partial charge in [-0.25, -0.2) is 0 Å². The van der Waals surface area contributed by atoms with Gasteiger partial charge in [0.15, 0.2) is 0 Å². The van der Waals surface area contributed by atoms with Crippen molar-refractivity contribution in [3.63, 3.8) is 0 Å². The van der Waals surface area contributed by atoms with Crippen LogP contribution >= 0.6 is 15.9 Å². The number of halogens is 1. The molecule has 0 radical (unpaired) electrons. The molecule has 1 heterocycles. The van der Waals surface area contributed by atoms with Gasteiger partial charge in [0, 0.05) is 22.6 Å². The van der Waals surface area contributed by atoms with Crippen LogP contribution in [0, 0.1) is 0 Å². The van der Waals surface area contributed by atoms with Gasteiger partial charge in [0.2, 0.25) is 0 Å². The van der Waals surface area contributed by atoms with Gasteiger partial charge in [0.25, 0.3) is 0 Å². The van der Waals surface area contributed by atoms with E-state index in [1.54, 1.807) is 7.11 Å².